The van der Waals surface area contributed by atoms with Crippen molar-refractivity contribution in [2.75, 3.05) is 26.7 Å². The van der Waals surface area contributed by atoms with Gasteiger partial charge in [-0.2, -0.15) is 0 Å². The second kappa shape index (κ2) is 9.26. The Morgan fingerprint density at radius 1 is 1.04 bits per heavy atom. The van der Waals surface area contributed by atoms with Crippen LogP contribution in [0.25, 0.3) is 0 Å². The molecular formula is C18H32N2O3. The van der Waals surface area contributed by atoms with Crippen LogP contribution >= 0.6 is 0 Å². The lowest BCUT2D eigenvalue weighted by molar-refractivity contribution is -0.138. The number of hydrogen-bond acceptors (Lipinski definition) is 3. The van der Waals surface area contributed by atoms with Crippen molar-refractivity contribution in [3.05, 3.63) is 0 Å². The van der Waals surface area contributed by atoms with E-state index in [4.69, 9.17) is 5.11 Å². The smallest absolute Gasteiger partial charge is 0.317 e. The van der Waals surface area contributed by atoms with Crippen LogP contribution in [0.2, 0.25) is 0 Å². The fourth-order valence-electron chi connectivity index (χ4n) is 4.07. The van der Waals surface area contributed by atoms with Gasteiger partial charge in [-0.05, 0) is 38.6 Å². The number of carbonyl (C=O) groups is 2. The van der Waals surface area contributed by atoms with E-state index in [1.807, 2.05) is 16.8 Å². The van der Waals surface area contributed by atoms with E-state index in [0.29, 0.717) is 12.3 Å². The van der Waals surface area contributed by atoms with E-state index in [9.17, 15) is 9.59 Å². The third kappa shape index (κ3) is 6.13. The highest BCUT2D eigenvalue weighted by molar-refractivity contribution is 5.76. The third-order valence-corrected chi connectivity index (χ3v) is 5.55. The highest BCUT2D eigenvalue weighted by Crippen LogP contribution is 2.27. The molecule has 1 atom stereocenters. The Kier molecular flexibility index (Phi) is 7.34. The molecule has 1 heterocycles. The second-order valence-electron chi connectivity index (χ2n) is 7.32. The zero-order valence-electron chi connectivity index (χ0n) is 14.5. The minimum atomic E-state index is -0.780. The molecule has 0 radical (unpaired) electrons. The van der Waals surface area contributed by atoms with Gasteiger partial charge in [0.15, 0.2) is 0 Å². The van der Waals surface area contributed by atoms with Crippen molar-refractivity contribution in [3.8, 4) is 0 Å². The number of likely N-dealkylation sites (tertiary alicyclic amines) is 1. The van der Waals surface area contributed by atoms with Crippen molar-refractivity contribution in [1.29, 1.82) is 0 Å². The summed E-state index contributed by atoms with van der Waals surface area (Å²) in [7, 11) is 1.87. The highest BCUT2D eigenvalue weighted by Gasteiger charge is 2.24. The van der Waals surface area contributed by atoms with Gasteiger partial charge in [-0.25, -0.2) is 0 Å². The summed E-state index contributed by atoms with van der Waals surface area (Å²) in [6.07, 6.45) is 11.2. The van der Waals surface area contributed by atoms with E-state index in [1.54, 1.807) is 0 Å². The highest BCUT2D eigenvalue weighted by atomic mass is 16.4. The van der Waals surface area contributed by atoms with Crippen LogP contribution in [0.3, 0.4) is 0 Å². The Morgan fingerprint density at radius 2 is 1.78 bits per heavy atom. The zero-order chi connectivity index (χ0) is 16.7. The molecule has 1 saturated carbocycles. The van der Waals surface area contributed by atoms with Gasteiger partial charge < -0.3 is 10.0 Å². The molecule has 1 N–H and O–H groups in total. The van der Waals surface area contributed by atoms with Gasteiger partial charge in [-0.1, -0.05) is 32.1 Å². The Balaban J connectivity index is 1.73. The number of hydrogen-bond donors (Lipinski definition) is 1. The summed E-state index contributed by atoms with van der Waals surface area (Å²) >= 11 is 0. The largest absolute Gasteiger partial charge is 0.480 e. The molecule has 0 aromatic rings. The van der Waals surface area contributed by atoms with Crippen molar-refractivity contribution in [2.24, 2.45) is 5.92 Å². The Morgan fingerprint density at radius 3 is 2.48 bits per heavy atom. The first kappa shape index (κ1) is 18.2. The van der Waals surface area contributed by atoms with Gasteiger partial charge in [-0.15, -0.1) is 0 Å². The standard InChI is InChI=1S/C18H32N2O3/c1-19(14-18(22)23)16-8-5-12-20(13-11-16)17(21)10-9-15-6-3-2-4-7-15/h15-16H,2-14H2,1H3,(H,22,23). The monoisotopic (exact) mass is 324 g/mol. The number of likely N-dealkylation sites (N-methyl/N-ethyl adjacent to an activating group) is 1. The minimum absolute atomic E-state index is 0.0836. The van der Waals surface area contributed by atoms with Gasteiger partial charge in [-0.3, -0.25) is 14.5 Å². The SMILES string of the molecule is CN(CC(=O)O)C1CCCN(C(=O)CCC2CCCCC2)CC1. The number of carboxylic acids is 1. The van der Waals surface area contributed by atoms with E-state index in [1.165, 1.54) is 32.1 Å². The summed E-state index contributed by atoms with van der Waals surface area (Å²) in [5.74, 6) is 0.281. The second-order valence-corrected chi connectivity index (χ2v) is 7.32. The first-order valence-electron chi connectivity index (χ1n) is 9.26. The van der Waals surface area contributed by atoms with Gasteiger partial charge in [0.05, 0.1) is 6.54 Å². The summed E-state index contributed by atoms with van der Waals surface area (Å²) in [6.45, 7) is 1.69. The first-order valence-corrected chi connectivity index (χ1v) is 9.26. The fourth-order valence-corrected chi connectivity index (χ4v) is 4.07. The molecule has 1 unspecified atom stereocenters. The molecule has 0 bridgehead atoms. The van der Waals surface area contributed by atoms with Crippen LogP contribution in [0.4, 0.5) is 0 Å². The van der Waals surface area contributed by atoms with Crippen LogP contribution in [-0.2, 0) is 9.59 Å². The molecule has 23 heavy (non-hydrogen) atoms. The van der Waals surface area contributed by atoms with Crippen molar-refractivity contribution >= 4 is 11.9 Å². The van der Waals surface area contributed by atoms with E-state index < -0.39 is 5.97 Å². The average molecular weight is 324 g/mol. The maximum atomic E-state index is 12.5. The molecule has 1 saturated heterocycles. The molecule has 132 valence electrons. The van der Waals surface area contributed by atoms with Gasteiger partial charge in [0.25, 0.3) is 0 Å². The fraction of sp³-hybridized carbons (Fsp3) is 0.889. The number of aliphatic carboxylic acids is 1. The van der Waals surface area contributed by atoms with Crippen LogP contribution < -0.4 is 0 Å². The van der Waals surface area contributed by atoms with E-state index in [2.05, 4.69) is 0 Å². The van der Waals surface area contributed by atoms with Crippen molar-refractivity contribution < 1.29 is 14.7 Å². The van der Waals surface area contributed by atoms with Crippen molar-refractivity contribution in [1.82, 2.24) is 9.80 Å². The van der Waals surface area contributed by atoms with Crippen LogP contribution in [0.15, 0.2) is 0 Å². The molecule has 0 aromatic carbocycles. The molecule has 2 rings (SSSR count). The summed E-state index contributed by atoms with van der Waals surface area (Å²) in [6, 6.07) is 0.280. The third-order valence-electron chi connectivity index (χ3n) is 5.55. The molecule has 2 aliphatic rings. The van der Waals surface area contributed by atoms with Gasteiger partial charge >= 0.3 is 5.97 Å². The quantitative estimate of drug-likeness (QED) is 0.816. The van der Waals surface area contributed by atoms with Crippen LogP contribution in [0.5, 0.6) is 0 Å². The molecule has 5 nitrogen and oxygen atoms in total. The summed E-state index contributed by atoms with van der Waals surface area (Å²) < 4.78 is 0. The molecule has 2 fully saturated rings. The van der Waals surface area contributed by atoms with E-state index >= 15 is 0 Å². The summed E-state index contributed by atoms with van der Waals surface area (Å²) in [5, 5.41) is 8.91. The average Bonchev–Trinajstić information content (AvgIpc) is 2.79. The summed E-state index contributed by atoms with van der Waals surface area (Å²) in [4.78, 5) is 27.2. The minimum Gasteiger partial charge on any atom is -0.480 e. The van der Waals surface area contributed by atoms with E-state index in [0.717, 1.165) is 44.7 Å². The van der Waals surface area contributed by atoms with Crippen molar-refractivity contribution in [3.63, 3.8) is 0 Å². The number of amides is 1. The molecule has 0 spiro atoms. The molecule has 1 aliphatic carbocycles. The normalized spacial score (nSPS) is 23.7. The van der Waals surface area contributed by atoms with E-state index in [-0.39, 0.29) is 12.6 Å². The molecule has 5 heteroatoms. The number of rotatable bonds is 6. The van der Waals surface area contributed by atoms with Crippen molar-refractivity contribution in [2.45, 2.75) is 70.3 Å². The topological polar surface area (TPSA) is 60.9 Å². The lowest BCUT2D eigenvalue weighted by Crippen LogP contribution is -2.37. The van der Waals surface area contributed by atoms with Gasteiger partial charge in [0.1, 0.15) is 0 Å². The van der Waals surface area contributed by atoms with Crippen LogP contribution in [-0.4, -0.2) is 59.5 Å². The number of carboxylic acid groups (broad SMARTS) is 1. The molecule has 1 aliphatic heterocycles. The number of carbonyl (C=O) groups excluding carboxylic acids is 1. The Hall–Kier alpha value is -1.10. The molecular weight excluding hydrogens is 292 g/mol. The predicted octanol–water partition coefficient (Wildman–Crippen LogP) is 2.74. The van der Waals surface area contributed by atoms with Gasteiger partial charge in [0.2, 0.25) is 5.91 Å². The zero-order valence-corrected chi connectivity index (χ0v) is 14.5. The summed E-state index contributed by atoms with van der Waals surface area (Å²) in [5.41, 5.74) is 0. The predicted molar refractivity (Wildman–Crippen MR) is 90.3 cm³/mol. The van der Waals surface area contributed by atoms with Gasteiger partial charge in [0, 0.05) is 25.6 Å². The number of nitrogens with zero attached hydrogens (tertiary/aromatic N) is 2. The van der Waals surface area contributed by atoms with Crippen LogP contribution in [0.1, 0.15) is 64.2 Å². The Bertz CT molecular complexity index is 394. The molecule has 0 aromatic heterocycles. The Labute approximate surface area is 140 Å². The maximum absolute atomic E-state index is 12.5. The van der Waals surface area contributed by atoms with Crippen LogP contribution in [0, 0.1) is 5.92 Å². The lowest BCUT2D eigenvalue weighted by atomic mass is 9.86. The maximum Gasteiger partial charge on any atom is 0.317 e. The molecule has 1 amide bonds. The first-order chi connectivity index (χ1) is 11.1. The lowest BCUT2D eigenvalue weighted by Gasteiger charge is -2.26.